The van der Waals surface area contributed by atoms with Crippen LogP contribution in [0.5, 0.6) is 0 Å². The maximum Gasteiger partial charge on any atom is 0.136 e. The van der Waals surface area contributed by atoms with Crippen LogP contribution < -0.4 is 0 Å². The lowest BCUT2D eigenvalue weighted by atomic mass is 9.87. The molecule has 0 aliphatic heterocycles. The van der Waals surface area contributed by atoms with E-state index in [0.29, 0.717) is 5.56 Å². The van der Waals surface area contributed by atoms with Gasteiger partial charge in [0.05, 0.1) is 11.6 Å². The number of para-hydroxylation sites is 2. The first-order chi connectivity index (χ1) is 19.8. The van der Waals surface area contributed by atoms with Gasteiger partial charge < -0.3 is 8.83 Å². The van der Waals surface area contributed by atoms with Crippen LogP contribution in [0.4, 0.5) is 0 Å². The minimum absolute atomic E-state index is 0.637. The Morgan fingerprint density at radius 2 is 1.05 bits per heavy atom. The van der Waals surface area contributed by atoms with Crippen molar-refractivity contribution in [2.45, 2.75) is 0 Å². The molecule has 0 atom stereocenters. The van der Waals surface area contributed by atoms with Crippen molar-refractivity contribution in [2.24, 2.45) is 0 Å². The van der Waals surface area contributed by atoms with Crippen molar-refractivity contribution < 1.29 is 8.83 Å². The standard InChI is InChI=1S/C37H21NO2/c38-22-25-8-1-2-9-26(25)32-20-23(24-17-19-29-28-10-3-5-13-33(28)40-36(29)21-24)16-18-27(32)30-12-7-15-35-37(30)31-11-4-6-14-34(31)39-35/h1-21H. The van der Waals surface area contributed by atoms with Gasteiger partial charge in [0.15, 0.2) is 0 Å². The molecule has 40 heavy (non-hydrogen) atoms. The summed E-state index contributed by atoms with van der Waals surface area (Å²) in [6.07, 6.45) is 0. The van der Waals surface area contributed by atoms with Crippen LogP contribution in [0.3, 0.4) is 0 Å². The molecule has 0 unspecified atom stereocenters. The summed E-state index contributed by atoms with van der Waals surface area (Å²) in [6.45, 7) is 0. The van der Waals surface area contributed by atoms with Crippen molar-refractivity contribution >= 4 is 43.9 Å². The molecule has 6 aromatic carbocycles. The van der Waals surface area contributed by atoms with Gasteiger partial charge in [-0.2, -0.15) is 5.26 Å². The molecule has 0 N–H and O–H groups in total. The summed E-state index contributed by atoms with van der Waals surface area (Å²) in [5.74, 6) is 0. The lowest BCUT2D eigenvalue weighted by Gasteiger charge is -2.15. The number of nitrogens with zero attached hydrogens (tertiary/aromatic N) is 1. The van der Waals surface area contributed by atoms with Gasteiger partial charge in [0.1, 0.15) is 22.3 Å². The van der Waals surface area contributed by atoms with E-state index in [2.05, 4.69) is 60.7 Å². The normalized spacial score (nSPS) is 11.5. The van der Waals surface area contributed by atoms with E-state index in [1.54, 1.807) is 0 Å². The highest BCUT2D eigenvalue weighted by atomic mass is 16.3. The van der Waals surface area contributed by atoms with Crippen molar-refractivity contribution in [3.8, 4) is 39.4 Å². The molecule has 0 fully saturated rings. The Labute approximate surface area is 230 Å². The van der Waals surface area contributed by atoms with Gasteiger partial charge in [-0.25, -0.2) is 0 Å². The number of rotatable bonds is 3. The van der Waals surface area contributed by atoms with E-state index in [1.165, 1.54) is 0 Å². The van der Waals surface area contributed by atoms with Gasteiger partial charge in [0, 0.05) is 27.1 Å². The molecule has 0 bridgehead atoms. The molecule has 2 heterocycles. The van der Waals surface area contributed by atoms with E-state index in [9.17, 15) is 5.26 Å². The van der Waals surface area contributed by atoms with Crippen molar-refractivity contribution in [2.75, 3.05) is 0 Å². The predicted octanol–water partition coefficient (Wildman–Crippen LogP) is 10.4. The number of nitriles is 1. The van der Waals surface area contributed by atoms with Crippen LogP contribution in [0, 0.1) is 11.3 Å². The topological polar surface area (TPSA) is 50.1 Å². The SMILES string of the molecule is N#Cc1ccccc1-c1cc(-c2ccc3c(c2)oc2ccccc23)ccc1-c1cccc2oc3ccccc3c12. The van der Waals surface area contributed by atoms with Crippen LogP contribution in [-0.4, -0.2) is 0 Å². The molecule has 0 saturated carbocycles. The second-order valence-electron chi connectivity index (χ2n) is 10.0. The van der Waals surface area contributed by atoms with Crippen molar-refractivity contribution in [3.63, 3.8) is 0 Å². The third kappa shape index (κ3) is 3.37. The highest BCUT2D eigenvalue weighted by molar-refractivity contribution is 6.14. The Bertz CT molecular complexity index is 2290. The van der Waals surface area contributed by atoms with Gasteiger partial charge >= 0.3 is 0 Å². The molecule has 2 aromatic heterocycles. The van der Waals surface area contributed by atoms with Gasteiger partial charge in [-0.05, 0) is 70.3 Å². The zero-order chi connectivity index (χ0) is 26.6. The maximum atomic E-state index is 10.0. The maximum absolute atomic E-state index is 10.0. The Balaban J connectivity index is 1.39. The largest absolute Gasteiger partial charge is 0.456 e. The molecule has 0 aliphatic rings. The molecule has 3 heteroatoms. The molecule has 0 amide bonds. The molecule has 8 rings (SSSR count). The third-order valence-electron chi connectivity index (χ3n) is 7.76. The van der Waals surface area contributed by atoms with E-state index in [1.807, 2.05) is 72.8 Å². The molecule has 0 radical (unpaired) electrons. The summed E-state index contributed by atoms with van der Waals surface area (Å²) in [4.78, 5) is 0. The summed E-state index contributed by atoms with van der Waals surface area (Å²) in [5, 5.41) is 14.4. The number of benzene rings is 6. The summed E-state index contributed by atoms with van der Waals surface area (Å²) in [6, 6.07) is 45.5. The minimum atomic E-state index is 0.637. The number of fused-ring (bicyclic) bond motifs is 6. The molecule has 186 valence electrons. The smallest absolute Gasteiger partial charge is 0.136 e. The summed E-state index contributed by atoms with van der Waals surface area (Å²) < 4.78 is 12.4. The fraction of sp³-hybridized carbons (Fsp3) is 0. The highest BCUT2D eigenvalue weighted by Crippen LogP contribution is 2.43. The second-order valence-corrected chi connectivity index (χ2v) is 10.0. The van der Waals surface area contributed by atoms with E-state index in [4.69, 9.17) is 8.83 Å². The highest BCUT2D eigenvalue weighted by Gasteiger charge is 2.18. The molecule has 3 nitrogen and oxygen atoms in total. The molecule has 0 spiro atoms. The van der Waals surface area contributed by atoms with Crippen LogP contribution in [0.2, 0.25) is 0 Å². The molecular formula is C37H21NO2. The van der Waals surface area contributed by atoms with Gasteiger partial charge in [-0.1, -0.05) is 84.9 Å². The van der Waals surface area contributed by atoms with Crippen LogP contribution in [-0.2, 0) is 0 Å². The fourth-order valence-electron chi connectivity index (χ4n) is 5.90. The fourth-order valence-corrected chi connectivity index (χ4v) is 5.90. The molecular weight excluding hydrogens is 490 g/mol. The van der Waals surface area contributed by atoms with Crippen LogP contribution in [0.15, 0.2) is 136 Å². The quantitative estimate of drug-likeness (QED) is 0.237. The van der Waals surface area contributed by atoms with Crippen molar-refractivity contribution in [1.29, 1.82) is 5.26 Å². The van der Waals surface area contributed by atoms with Gasteiger partial charge in [-0.3, -0.25) is 0 Å². The van der Waals surface area contributed by atoms with Gasteiger partial charge in [-0.15, -0.1) is 0 Å². The summed E-state index contributed by atoms with van der Waals surface area (Å²) in [5.41, 5.74) is 10.2. The Kier molecular flexibility index (Phi) is 4.89. The van der Waals surface area contributed by atoms with E-state index in [0.717, 1.165) is 77.3 Å². The average Bonchev–Trinajstić information content (AvgIpc) is 3.58. The molecule has 0 aliphatic carbocycles. The number of hydrogen-bond donors (Lipinski definition) is 0. The first-order valence-corrected chi connectivity index (χ1v) is 13.2. The van der Waals surface area contributed by atoms with Gasteiger partial charge in [0.2, 0.25) is 0 Å². The molecule has 0 saturated heterocycles. The molecule has 8 aromatic rings. The van der Waals surface area contributed by atoms with Crippen LogP contribution >= 0.6 is 0 Å². The van der Waals surface area contributed by atoms with Crippen LogP contribution in [0.1, 0.15) is 5.56 Å². The lowest BCUT2D eigenvalue weighted by molar-refractivity contribution is 0.668. The Hall–Kier alpha value is -5.59. The van der Waals surface area contributed by atoms with Crippen LogP contribution in [0.25, 0.3) is 77.3 Å². The second kappa shape index (κ2) is 8.73. The van der Waals surface area contributed by atoms with Gasteiger partial charge in [0.25, 0.3) is 0 Å². The Morgan fingerprint density at radius 3 is 1.93 bits per heavy atom. The Morgan fingerprint density at radius 1 is 0.425 bits per heavy atom. The minimum Gasteiger partial charge on any atom is -0.456 e. The van der Waals surface area contributed by atoms with E-state index < -0.39 is 0 Å². The first-order valence-electron chi connectivity index (χ1n) is 13.2. The van der Waals surface area contributed by atoms with E-state index in [-0.39, 0.29) is 0 Å². The number of furan rings is 2. The number of hydrogen-bond acceptors (Lipinski definition) is 3. The predicted molar refractivity (Wildman–Crippen MR) is 162 cm³/mol. The van der Waals surface area contributed by atoms with Crippen molar-refractivity contribution in [3.05, 3.63) is 133 Å². The lowest BCUT2D eigenvalue weighted by Crippen LogP contribution is -1.91. The monoisotopic (exact) mass is 511 g/mol. The zero-order valence-corrected chi connectivity index (χ0v) is 21.4. The summed E-state index contributed by atoms with van der Waals surface area (Å²) in [7, 11) is 0. The zero-order valence-electron chi connectivity index (χ0n) is 21.4. The third-order valence-corrected chi connectivity index (χ3v) is 7.76. The van der Waals surface area contributed by atoms with E-state index >= 15 is 0 Å². The van der Waals surface area contributed by atoms with Crippen molar-refractivity contribution in [1.82, 2.24) is 0 Å². The average molecular weight is 512 g/mol. The first kappa shape index (κ1) is 22.4. The summed E-state index contributed by atoms with van der Waals surface area (Å²) >= 11 is 0.